The number of hydrogen-bond donors (Lipinski definition) is 2. The molecule has 0 aromatic carbocycles. The molecule has 2 heterocycles. The summed E-state index contributed by atoms with van der Waals surface area (Å²) in [7, 11) is 1.80. The highest BCUT2D eigenvalue weighted by molar-refractivity contribution is 14.0. The third-order valence-corrected chi connectivity index (χ3v) is 4.83. The van der Waals surface area contributed by atoms with Gasteiger partial charge in [0.05, 0.1) is 6.54 Å². The van der Waals surface area contributed by atoms with Crippen molar-refractivity contribution in [1.82, 2.24) is 25.2 Å². The molecule has 1 fully saturated rings. The molecule has 2 aromatic heterocycles. The van der Waals surface area contributed by atoms with Crippen molar-refractivity contribution in [3.63, 3.8) is 0 Å². The molecule has 2 N–H and O–H groups in total. The minimum Gasteiger partial charge on any atom is -0.356 e. The molecule has 138 valence electrons. The number of nitrogens with one attached hydrogen (secondary N) is 2. The van der Waals surface area contributed by atoms with Crippen LogP contribution in [0.15, 0.2) is 29.4 Å². The van der Waals surface area contributed by atoms with Gasteiger partial charge in [-0.1, -0.05) is 38.2 Å². The fourth-order valence-corrected chi connectivity index (χ4v) is 3.47. The first-order chi connectivity index (χ1) is 11.9. The van der Waals surface area contributed by atoms with Crippen molar-refractivity contribution in [1.29, 1.82) is 0 Å². The second kappa shape index (κ2) is 10.6. The predicted octanol–water partition coefficient (Wildman–Crippen LogP) is 3.37. The molecule has 2 aromatic rings. The summed E-state index contributed by atoms with van der Waals surface area (Å²) in [6.07, 6.45) is 11.6. The first-order valence-electron chi connectivity index (χ1n) is 9.10. The molecule has 0 radical (unpaired) electrons. The Labute approximate surface area is 166 Å². The van der Waals surface area contributed by atoms with E-state index in [0.717, 1.165) is 29.9 Å². The summed E-state index contributed by atoms with van der Waals surface area (Å²) in [5.74, 6) is 2.65. The van der Waals surface area contributed by atoms with E-state index in [4.69, 9.17) is 0 Å². The van der Waals surface area contributed by atoms with Gasteiger partial charge in [-0.05, 0) is 30.9 Å². The van der Waals surface area contributed by atoms with Crippen LogP contribution in [0.3, 0.4) is 0 Å². The molecule has 0 aliphatic heterocycles. The molecule has 6 nitrogen and oxygen atoms in total. The topological polar surface area (TPSA) is 66.6 Å². The summed E-state index contributed by atoms with van der Waals surface area (Å²) in [6, 6.07) is 5.90. The van der Waals surface area contributed by atoms with Crippen LogP contribution in [-0.2, 0) is 6.54 Å². The Kier molecular flexibility index (Phi) is 8.43. The van der Waals surface area contributed by atoms with E-state index in [0.29, 0.717) is 6.54 Å². The van der Waals surface area contributed by atoms with E-state index in [2.05, 4.69) is 25.8 Å². The molecule has 1 saturated carbocycles. The summed E-state index contributed by atoms with van der Waals surface area (Å²) >= 11 is 0. The fraction of sp³-hybridized carbons (Fsp3) is 0.611. The molecule has 0 saturated heterocycles. The second-order valence-corrected chi connectivity index (χ2v) is 6.54. The summed E-state index contributed by atoms with van der Waals surface area (Å²) in [6.45, 7) is 1.57. The molecule has 1 aliphatic rings. The standard InChI is InChI=1S/C18H28N6.HI/c1-19-18(20-12-7-10-15-8-3-2-4-9-15)21-14-17-23-22-16-11-5-6-13-24(16)17;/h5-6,11,13,15H,2-4,7-10,12,14H2,1H3,(H2,19,20,21);1H. The molecule has 0 atom stereocenters. The third kappa shape index (κ3) is 5.83. The lowest BCUT2D eigenvalue weighted by molar-refractivity contribution is 0.332. The highest BCUT2D eigenvalue weighted by atomic mass is 127. The van der Waals surface area contributed by atoms with Gasteiger partial charge >= 0.3 is 0 Å². The maximum Gasteiger partial charge on any atom is 0.191 e. The van der Waals surface area contributed by atoms with Crippen LogP contribution >= 0.6 is 24.0 Å². The Morgan fingerprint density at radius 1 is 1.20 bits per heavy atom. The van der Waals surface area contributed by atoms with Crippen molar-refractivity contribution in [3.05, 3.63) is 30.2 Å². The Hall–Kier alpha value is -1.38. The van der Waals surface area contributed by atoms with Gasteiger partial charge in [-0.3, -0.25) is 9.39 Å². The number of pyridine rings is 1. The maximum absolute atomic E-state index is 4.29. The number of nitrogens with zero attached hydrogens (tertiary/aromatic N) is 4. The third-order valence-electron chi connectivity index (χ3n) is 4.83. The Morgan fingerprint density at radius 3 is 2.84 bits per heavy atom. The quantitative estimate of drug-likeness (QED) is 0.303. The van der Waals surface area contributed by atoms with Crippen LogP contribution in [0, 0.1) is 5.92 Å². The molecule has 0 unspecified atom stereocenters. The highest BCUT2D eigenvalue weighted by Crippen LogP contribution is 2.26. The molecule has 0 bridgehead atoms. The van der Waals surface area contributed by atoms with E-state index in [1.165, 1.54) is 44.9 Å². The molecular formula is C18H29IN6. The second-order valence-electron chi connectivity index (χ2n) is 6.54. The lowest BCUT2D eigenvalue weighted by Gasteiger charge is -2.21. The zero-order valence-electron chi connectivity index (χ0n) is 14.9. The molecule has 0 amide bonds. The van der Waals surface area contributed by atoms with E-state index in [1.807, 2.05) is 28.8 Å². The van der Waals surface area contributed by atoms with Gasteiger partial charge in [0.2, 0.25) is 0 Å². The number of aromatic nitrogens is 3. The van der Waals surface area contributed by atoms with Gasteiger partial charge in [-0.15, -0.1) is 34.2 Å². The molecule has 1 aliphatic carbocycles. The van der Waals surface area contributed by atoms with Gasteiger partial charge in [0.1, 0.15) is 0 Å². The van der Waals surface area contributed by atoms with E-state index < -0.39 is 0 Å². The van der Waals surface area contributed by atoms with Crippen LogP contribution < -0.4 is 10.6 Å². The Morgan fingerprint density at radius 2 is 2.04 bits per heavy atom. The van der Waals surface area contributed by atoms with Gasteiger partial charge in [0.15, 0.2) is 17.4 Å². The van der Waals surface area contributed by atoms with E-state index >= 15 is 0 Å². The van der Waals surface area contributed by atoms with Crippen LogP contribution in [0.25, 0.3) is 5.65 Å². The van der Waals surface area contributed by atoms with Crippen LogP contribution in [0.2, 0.25) is 0 Å². The summed E-state index contributed by atoms with van der Waals surface area (Å²) in [5, 5.41) is 15.1. The van der Waals surface area contributed by atoms with Gasteiger partial charge < -0.3 is 10.6 Å². The maximum atomic E-state index is 4.29. The molecule has 25 heavy (non-hydrogen) atoms. The SMILES string of the molecule is CN=C(NCCCC1CCCCC1)NCc1nnc2ccccn12.I. The Balaban J connectivity index is 0.00000225. The minimum absolute atomic E-state index is 0. The average Bonchev–Trinajstić information content (AvgIpc) is 3.05. The lowest BCUT2D eigenvalue weighted by atomic mass is 9.86. The van der Waals surface area contributed by atoms with E-state index in [1.54, 1.807) is 7.05 Å². The normalized spacial score (nSPS) is 15.8. The number of halogens is 1. The average molecular weight is 456 g/mol. The van der Waals surface area contributed by atoms with Crippen LogP contribution in [0.4, 0.5) is 0 Å². The molecular weight excluding hydrogens is 427 g/mol. The van der Waals surface area contributed by atoms with Crippen molar-refractivity contribution < 1.29 is 0 Å². The number of rotatable bonds is 6. The van der Waals surface area contributed by atoms with Crippen LogP contribution in [0.5, 0.6) is 0 Å². The molecule has 7 heteroatoms. The van der Waals surface area contributed by atoms with E-state index in [-0.39, 0.29) is 24.0 Å². The van der Waals surface area contributed by atoms with Crippen molar-refractivity contribution in [2.45, 2.75) is 51.5 Å². The number of aliphatic imine (C=N–C) groups is 1. The van der Waals surface area contributed by atoms with Gasteiger partial charge in [-0.25, -0.2) is 0 Å². The van der Waals surface area contributed by atoms with Gasteiger partial charge in [0.25, 0.3) is 0 Å². The monoisotopic (exact) mass is 456 g/mol. The first-order valence-corrected chi connectivity index (χ1v) is 9.10. The van der Waals surface area contributed by atoms with Gasteiger partial charge in [-0.2, -0.15) is 0 Å². The van der Waals surface area contributed by atoms with Crippen LogP contribution in [0.1, 0.15) is 50.8 Å². The van der Waals surface area contributed by atoms with Crippen molar-refractivity contribution in [2.24, 2.45) is 10.9 Å². The number of fused-ring (bicyclic) bond motifs is 1. The number of hydrogen-bond acceptors (Lipinski definition) is 3. The predicted molar refractivity (Wildman–Crippen MR) is 112 cm³/mol. The zero-order valence-corrected chi connectivity index (χ0v) is 17.3. The molecule has 0 spiro atoms. The van der Waals surface area contributed by atoms with Crippen molar-refractivity contribution >= 4 is 35.6 Å². The minimum atomic E-state index is 0. The number of guanidine groups is 1. The Bertz CT molecular complexity index is 662. The highest BCUT2D eigenvalue weighted by Gasteiger charge is 2.12. The largest absolute Gasteiger partial charge is 0.356 e. The summed E-state index contributed by atoms with van der Waals surface area (Å²) in [5.41, 5.74) is 0.865. The van der Waals surface area contributed by atoms with Crippen molar-refractivity contribution in [2.75, 3.05) is 13.6 Å². The van der Waals surface area contributed by atoms with Crippen molar-refractivity contribution in [3.8, 4) is 0 Å². The lowest BCUT2D eigenvalue weighted by Crippen LogP contribution is -2.37. The summed E-state index contributed by atoms with van der Waals surface area (Å²) in [4.78, 5) is 4.29. The fourth-order valence-electron chi connectivity index (χ4n) is 3.47. The first kappa shape index (κ1) is 19.9. The molecule has 3 rings (SSSR count). The van der Waals surface area contributed by atoms with Crippen LogP contribution in [-0.4, -0.2) is 34.2 Å². The zero-order chi connectivity index (χ0) is 16.6. The summed E-state index contributed by atoms with van der Waals surface area (Å²) < 4.78 is 1.99. The smallest absolute Gasteiger partial charge is 0.191 e. The van der Waals surface area contributed by atoms with Gasteiger partial charge in [0, 0.05) is 19.8 Å². The van der Waals surface area contributed by atoms with E-state index in [9.17, 15) is 0 Å².